The molecule has 2 fully saturated rings. The quantitative estimate of drug-likeness (QED) is 0.597. The first-order valence-electron chi connectivity index (χ1n) is 12.1. The molecule has 6 heteroatoms. The number of benzene rings is 1. The van der Waals surface area contributed by atoms with Crippen molar-refractivity contribution in [2.24, 2.45) is 5.92 Å². The van der Waals surface area contributed by atoms with E-state index in [0.717, 1.165) is 57.4 Å². The van der Waals surface area contributed by atoms with Gasteiger partial charge in [-0.15, -0.1) is 0 Å². The summed E-state index contributed by atoms with van der Waals surface area (Å²) in [5, 5.41) is 11.7. The molecular formula is C26H35N3O3. The van der Waals surface area contributed by atoms with Gasteiger partial charge in [-0.2, -0.15) is 0 Å². The van der Waals surface area contributed by atoms with Crippen LogP contribution in [0.2, 0.25) is 0 Å². The predicted octanol–water partition coefficient (Wildman–Crippen LogP) is 4.06. The predicted molar refractivity (Wildman–Crippen MR) is 123 cm³/mol. The SMILES string of the molecule is O=C(OC[C@H](CCN1CCCCC1)c1cnccn1)C(O)(c1ccccc1)C1CCCC1. The largest absolute Gasteiger partial charge is 0.463 e. The summed E-state index contributed by atoms with van der Waals surface area (Å²) in [5.41, 5.74) is -0.139. The highest BCUT2D eigenvalue weighted by Gasteiger charge is 2.48. The van der Waals surface area contributed by atoms with Crippen molar-refractivity contribution in [3.05, 3.63) is 60.2 Å². The van der Waals surface area contributed by atoms with Crippen LogP contribution in [0.4, 0.5) is 0 Å². The van der Waals surface area contributed by atoms with Crippen molar-refractivity contribution in [2.45, 2.75) is 62.9 Å². The van der Waals surface area contributed by atoms with Crippen molar-refractivity contribution in [3.63, 3.8) is 0 Å². The Labute approximate surface area is 191 Å². The molecule has 172 valence electrons. The van der Waals surface area contributed by atoms with Gasteiger partial charge in [-0.25, -0.2) is 4.79 Å². The molecule has 6 nitrogen and oxygen atoms in total. The minimum Gasteiger partial charge on any atom is -0.463 e. The summed E-state index contributed by atoms with van der Waals surface area (Å²) >= 11 is 0. The number of piperidine rings is 1. The summed E-state index contributed by atoms with van der Waals surface area (Å²) in [7, 11) is 0. The van der Waals surface area contributed by atoms with E-state index >= 15 is 0 Å². The number of aromatic nitrogens is 2. The van der Waals surface area contributed by atoms with Crippen molar-refractivity contribution in [2.75, 3.05) is 26.2 Å². The number of carbonyl (C=O) groups is 1. The molecule has 2 aliphatic rings. The van der Waals surface area contributed by atoms with Crippen LogP contribution in [0.1, 0.15) is 68.5 Å². The minimum absolute atomic E-state index is 0.0434. The van der Waals surface area contributed by atoms with Crippen LogP contribution in [0.5, 0.6) is 0 Å². The fourth-order valence-electron chi connectivity index (χ4n) is 5.20. The highest BCUT2D eigenvalue weighted by atomic mass is 16.5. The lowest BCUT2D eigenvalue weighted by Gasteiger charge is -2.33. The molecule has 0 radical (unpaired) electrons. The first-order chi connectivity index (χ1) is 15.7. The van der Waals surface area contributed by atoms with Crippen LogP contribution in [-0.4, -0.2) is 52.2 Å². The topological polar surface area (TPSA) is 75.5 Å². The lowest BCUT2D eigenvalue weighted by Crippen LogP contribution is -2.44. The third-order valence-corrected chi connectivity index (χ3v) is 7.13. The molecule has 32 heavy (non-hydrogen) atoms. The monoisotopic (exact) mass is 437 g/mol. The number of esters is 1. The third-order valence-electron chi connectivity index (χ3n) is 7.13. The van der Waals surface area contributed by atoms with Gasteiger partial charge in [0.1, 0.15) is 0 Å². The molecule has 1 aliphatic carbocycles. The number of ether oxygens (including phenoxy) is 1. The third kappa shape index (κ3) is 5.36. The second-order valence-electron chi connectivity index (χ2n) is 9.23. The van der Waals surface area contributed by atoms with Crippen LogP contribution < -0.4 is 0 Å². The lowest BCUT2D eigenvalue weighted by molar-refractivity contribution is -0.174. The highest BCUT2D eigenvalue weighted by molar-refractivity contribution is 5.81. The maximum absolute atomic E-state index is 13.4. The van der Waals surface area contributed by atoms with Crippen LogP contribution in [0.25, 0.3) is 0 Å². The molecule has 1 N–H and O–H groups in total. The summed E-state index contributed by atoms with van der Waals surface area (Å²) in [6.07, 6.45) is 13.5. The van der Waals surface area contributed by atoms with E-state index in [1.165, 1.54) is 19.3 Å². The van der Waals surface area contributed by atoms with Crippen molar-refractivity contribution >= 4 is 5.97 Å². The second-order valence-corrected chi connectivity index (χ2v) is 9.23. The number of hydrogen-bond acceptors (Lipinski definition) is 6. The van der Waals surface area contributed by atoms with Crippen molar-refractivity contribution < 1.29 is 14.6 Å². The summed E-state index contributed by atoms with van der Waals surface area (Å²) in [4.78, 5) is 24.6. The molecule has 2 atom stereocenters. The van der Waals surface area contributed by atoms with Gasteiger partial charge in [0.15, 0.2) is 5.60 Å². The fraction of sp³-hybridized carbons (Fsp3) is 0.577. The molecule has 1 saturated heterocycles. The van der Waals surface area contributed by atoms with Crippen molar-refractivity contribution in [1.82, 2.24) is 14.9 Å². The molecule has 4 rings (SSSR count). The summed E-state index contributed by atoms with van der Waals surface area (Å²) in [5.74, 6) is -0.693. The average molecular weight is 438 g/mol. The standard InChI is InChI=1S/C26H35N3O3/c30-25(26(31,23-11-5-6-12-23)22-9-3-1-4-10-22)32-20-21(24-19-27-14-15-28-24)13-18-29-16-7-2-8-17-29/h1,3-4,9-10,14-15,19,21,23,31H,2,5-8,11-13,16-18,20H2/t21-,26?/m0/s1. The molecule has 1 aromatic carbocycles. The van der Waals surface area contributed by atoms with Gasteiger partial charge in [0.2, 0.25) is 0 Å². The Morgan fingerprint density at radius 1 is 1.09 bits per heavy atom. The molecule has 1 unspecified atom stereocenters. The summed E-state index contributed by atoms with van der Waals surface area (Å²) < 4.78 is 5.86. The zero-order chi connectivity index (χ0) is 22.2. The van der Waals surface area contributed by atoms with E-state index in [1.807, 2.05) is 30.3 Å². The molecule has 1 saturated carbocycles. The number of aliphatic hydroxyl groups is 1. The van der Waals surface area contributed by atoms with Crippen LogP contribution in [0, 0.1) is 5.92 Å². The van der Waals surface area contributed by atoms with Gasteiger partial charge in [-0.1, -0.05) is 49.6 Å². The number of likely N-dealkylation sites (tertiary alicyclic amines) is 1. The lowest BCUT2D eigenvalue weighted by atomic mass is 9.80. The van der Waals surface area contributed by atoms with E-state index in [1.54, 1.807) is 18.6 Å². The molecule has 1 aromatic heterocycles. The van der Waals surface area contributed by atoms with E-state index in [2.05, 4.69) is 14.9 Å². The van der Waals surface area contributed by atoms with E-state index in [9.17, 15) is 9.90 Å². The summed E-state index contributed by atoms with van der Waals surface area (Å²) in [6.45, 7) is 3.41. The van der Waals surface area contributed by atoms with Gasteiger partial charge in [0.05, 0.1) is 12.3 Å². The van der Waals surface area contributed by atoms with Gasteiger partial charge >= 0.3 is 5.97 Å². The fourth-order valence-corrected chi connectivity index (χ4v) is 5.20. The molecule has 0 amide bonds. The van der Waals surface area contributed by atoms with E-state index < -0.39 is 11.6 Å². The Balaban J connectivity index is 1.47. The van der Waals surface area contributed by atoms with Crippen molar-refractivity contribution in [1.29, 1.82) is 0 Å². The molecule has 2 aromatic rings. The molecular weight excluding hydrogens is 402 g/mol. The number of hydrogen-bond donors (Lipinski definition) is 1. The minimum atomic E-state index is -1.60. The highest BCUT2D eigenvalue weighted by Crippen LogP contribution is 2.41. The summed E-state index contributed by atoms with van der Waals surface area (Å²) in [6, 6.07) is 9.29. The van der Waals surface area contributed by atoms with E-state index in [0.29, 0.717) is 5.56 Å². The van der Waals surface area contributed by atoms with Crippen LogP contribution in [-0.2, 0) is 15.1 Å². The Bertz CT molecular complexity index is 836. The normalized spacial score (nSPS) is 20.5. The van der Waals surface area contributed by atoms with Crippen molar-refractivity contribution in [3.8, 4) is 0 Å². The molecule has 1 aliphatic heterocycles. The first kappa shape index (κ1) is 22.9. The number of nitrogens with zero attached hydrogens (tertiary/aromatic N) is 3. The van der Waals surface area contributed by atoms with Gasteiger partial charge in [0.25, 0.3) is 0 Å². The van der Waals surface area contributed by atoms with E-state index in [-0.39, 0.29) is 18.4 Å². The van der Waals surface area contributed by atoms with Gasteiger partial charge < -0.3 is 14.7 Å². The Hall–Kier alpha value is -2.31. The molecule has 2 heterocycles. The zero-order valence-corrected chi connectivity index (χ0v) is 18.9. The Morgan fingerprint density at radius 2 is 1.84 bits per heavy atom. The zero-order valence-electron chi connectivity index (χ0n) is 18.9. The van der Waals surface area contributed by atoms with Crippen LogP contribution in [0.3, 0.4) is 0 Å². The number of rotatable bonds is 9. The Kier molecular flexibility index (Phi) is 7.87. The van der Waals surface area contributed by atoms with Gasteiger partial charge in [0, 0.05) is 30.4 Å². The average Bonchev–Trinajstić information content (AvgIpc) is 3.41. The van der Waals surface area contributed by atoms with Gasteiger partial charge in [-0.05, 0) is 57.3 Å². The Morgan fingerprint density at radius 3 is 2.53 bits per heavy atom. The maximum Gasteiger partial charge on any atom is 0.343 e. The molecule has 0 bridgehead atoms. The maximum atomic E-state index is 13.4. The molecule has 0 spiro atoms. The number of carbonyl (C=O) groups excluding carboxylic acids is 1. The van der Waals surface area contributed by atoms with Crippen LogP contribution in [0.15, 0.2) is 48.9 Å². The smallest absolute Gasteiger partial charge is 0.343 e. The first-order valence-corrected chi connectivity index (χ1v) is 12.1. The van der Waals surface area contributed by atoms with Crippen LogP contribution >= 0.6 is 0 Å². The van der Waals surface area contributed by atoms with Gasteiger partial charge in [-0.3, -0.25) is 9.97 Å². The second kappa shape index (κ2) is 11.0. The van der Waals surface area contributed by atoms with E-state index in [4.69, 9.17) is 4.74 Å².